The largest absolute Gasteiger partial charge is 0.423 e. The molecule has 0 radical (unpaired) electrons. The van der Waals surface area contributed by atoms with Crippen molar-refractivity contribution in [2.75, 3.05) is 0 Å². The quantitative estimate of drug-likeness (QED) is 0.327. The lowest BCUT2D eigenvalue weighted by Gasteiger charge is -2.26. The number of hydrogen-bond donors (Lipinski definition) is 2. The lowest BCUT2D eigenvalue weighted by atomic mass is 9.96. The number of alkyl halides is 3. The summed E-state index contributed by atoms with van der Waals surface area (Å²) in [5.74, 6) is -1.43. The minimum atomic E-state index is -4.91. The van der Waals surface area contributed by atoms with E-state index < -0.39 is 35.7 Å². The zero-order chi connectivity index (χ0) is 24.7. The van der Waals surface area contributed by atoms with Gasteiger partial charge in [0.05, 0.1) is 18.3 Å². The lowest BCUT2D eigenvalue weighted by molar-refractivity contribution is -0.269. The van der Waals surface area contributed by atoms with E-state index in [-0.39, 0.29) is 12.2 Å². The first-order valence-corrected chi connectivity index (χ1v) is 10.1. The lowest BCUT2D eigenvalue weighted by Crippen LogP contribution is -2.42. The van der Waals surface area contributed by atoms with Gasteiger partial charge in [-0.3, -0.25) is 4.79 Å². The number of nitrogens with zero attached hydrogens (tertiary/aromatic N) is 5. The molecule has 3 aromatic heterocycles. The molecule has 3 heterocycles. The topological polar surface area (TPSA) is 120 Å². The summed E-state index contributed by atoms with van der Waals surface area (Å²) in [4.78, 5) is 19.7. The molecule has 3 N–H and O–H groups in total. The highest BCUT2D eigenvalue weighted by Gasteiger charge is 2.55. The molecule has 0 bridgehead atoms. The number of halogens is 4. The molecule has 34 heavy (non-hydrogen) atoms. The third-order valence-corrected chi connectivity index (χ3v) is 5.45. The van der Waals surface area contributed by atoms with Crippen LogP contribution in [0.4, 0.5) is 17.6 Å². The van der Waals surface area contributed by atoms with Gasteiger partial charge in [-0.2, -0.15) is 17.6 Å². The summed E-state index contributed by atoms with van der Waals surface area (Å²) in [5.41, 5.74) is 3.74. The molecule has 12 heteroatoms. The normalized spacial score (nSPS) is 13.7. The summed E-state index contributed by atoms with van der Waals surface area (Å²) < 4.78 is 54.3. The Morgan fingerprint density at radius 2 is 1.94 bits per heavy atom. The average molecular weight is 474 g/mol. The summed E-state index contributed by atoms with van der Waals surface area (Å²) in [6.45, 7) is 1.22. The van der Waals surface area contributed by atoms with Gasteiger partial charge in [0.15, 0.2) is 0 Å². The van der Waals surface area contributed by atoms with E-state index in [4.69, 9.17) is 5.73 Å². The molecule has 0 aliphatic heterocycles. The fourth-order valence-electron chi connectivity index (χ4n) is 3.55. The summed E-state index contributed by atoms with van der Waals surface area (Å²) in [6, 6.07) is 9.19. The van der Waals surface area contributed by atoms with Gasteiger partial charge in [-0.05, 0) is 41.8 Å². The van der Waals surface area contributed by atoms with Crippen LogP contribution in [-0.2, 0) is 12.1 Å². The average Bonchev–Trinajstić information content (AvgIpc) is 3.26. The highest BCUT2D eigenvalue weighted by atomic mass is 19.4. The number of primary amides is 1. The molecular weight excluding hydrogens is 456 g/mol. The molecule has 0 aliphatic carbocycles. The molecule has 176 valence electrons. The number of carbonyl (C=O) groups excluding carboxylic acids is 1. The van der Waals surface area contributed by atoms with E-state index in [2.05, 4.69) is 20.3 Å². The van der Waals surface area contributed by atoms with E-state index in [9.17, 15) is 27.5 Å². The van der Waals surface area contributed by atoms with Crippen molar-refractivity contribution in [3.05, 3.63) is 71.7 Å². The zero-order valence-corrected chi connectivity index (χ0v) is 17.7. The first-order valence-electron chi connectivity index (χ1n) is 10.1. The molecular formula is C22H18F4N6O2. The highest BCUT2D eigenvalue weighted by molar-refractivity contribution is 6.00. The molecule has 0 fully saturated rings. The van der Waals surface area contributed by atoms with Crippen LogP contribution in [0.2, 0.25) is 0 Å². The van der Waals surface area contributed by atoms with Gasteiger partial charge < -0.3 is 10.8 Å². The summed E-state index contributed by atoms with van der Waals surface area (Å²) in [7, 11) is 0. The molecule has 0 saturated carbocycles. The van der Waals surface area contributed by atoms with E-state index in [1.165, 1.54) is 31.3 Å². The number of aromatic nitrogens is 5. The van der Waals surface area contributed by atoms with Gasteiger partial charge in [0.25, 0.3) is 5.91 Å². The van der Waals surface area contributed by atoms with Gasteiger partial charge in [0.1, 0.15) is 11.4 Å². The first-order chi connectivity index (χ1) is 16.0. The van der Waals surface area contributed by atoms with Crippen LogP contribution in [-0.4, -0.2) is 42.2 Å². The monoisotopic (exact) mass is 474 g/mol. The molecule has 8 nitrogen and oxygen atoms in total. The Morgan fingerprint density at radius 3 is 2.56 bits per heavy atom. The van der Waals surface area contributed by atoms with Gasteiger partial charge >= 0.3 is 6.18 Å². The maximum Gasteiger partial charge on any atom is 0.423 e. The number of carbonyl (C=O) groups is 1. The van der Waals surface area contributed by atoms with Crippen molar-refractivity contribution < 1.29 is 27.5 Å². The van der Waals surface area contributed by atoms with Crippen LogP contribution >= 0.6 is 0 Å². The van der Waals surface area contributed by atoms with E-state index in [0.717, 1.165) is 10.9 Å². The smallest absolute Gasteiger partial charge is 0.375 e. The van der Waals surface area contributed by atoms with Crippen molar-refractivity contribution in [2.24, 2.45) is 5.73 Å². The van der Waals surface area contributed by atoms with Crippen LogP contribution < -0.4 is 5.73 Å². The number of pyridine rings is 2. The first kappa shape index (κ1) is 23.2. The molecule has 0 unspecified atom stereocenters. The van der Waals surface area contributed by atoms with Crippen LogP contribution in [0.3, 0.4) is 0 Å². The van der Waals surface area contributed by atoms with Crippen molar-refractivity contribution in [1.82, 2.24) is 25.0 Å². The van der Waals surface area contributed by atoms with Gasteiger partial charge in [-0.25, -0.2) is 14.6 Å². The Morgan fingerprint density at radius 1 is 1.18 bits per heavy atom. The predicted molar refractivity (Wildman–Crippen MR) is 113 cm³/mol. The standard InChI is InChI=1S/C22H18F4N6O2/c1-2-21(34,22(24,25)26)18-11-32(31-30-18)10-12-3-5-14-15(13-4-6-19(23)28-9-13)8-17(20(27)33)29-16(14)7-12/h3-9,11,34H,2,10H2,1H3,(H2,27,33)/t21-/m1/s1. The number of rotatable bonds is 6. The molecule has 0 spiro atoms. The Bertz CT molecular complexity index is 1370. The van der Waals surface area contributed by atoms with Crippen molar-refractivity contribution >= 4 is 16.8 Å². The summed E-state index contributed by atoms with van der Waals surface area (Å²) in [6.07, 6.45) is -3.18. The number of aliphatic hydroxyl groups is 1. The molecule has 1 atom stereocenters. The van der Waals surface area contributed by atoms with E-state index in [0.29, 0.717) is 27.6 Å². The van der Waals surface area contributed by atoms with Gasteiger partial charge in [0, 0.05) is 17.1 Å². The predicted octanol–water partition coefficient (Wildman–Crippen LogP) is 3.33. The minimum Gasteiger partial charge on any atom is -0.375 e. The molecule has 1 aromatic carbocycles. The Kier molecular flexibility index (Phi) is 5.77. The Hall–Kier alpha value is -3.93. The zero-order valence-electron chi connectivity index (χ0n) is 17.7. The third kappa shape index (κ3) is 4.19. The maximum absolute atomic E-state index is 13.3. The number of nitrogens with two attached hydrogens (primary N) is 1. The van der Waals surface area contributed by atoms with E-state index in [1.54, 1.807) is 18.2 Å². The second kappa shape index (κ2) is 8.45. The van der Waals surface area contributed by atoms with Crippen molar-refractivity contribution in [1.29, 1.82) is 0 Å². The van der Waals surface area contributed by atoms with Gasteiger partial charge in [-0.15, -0.1) is 5.10 Å². The van der Waals surface area contributed by atoms with Crippen LogP contribution in [0.15, 0.2) is 48.8 Å². The SMILES string of the molecule is CC[C@@](O)(c1cn(Cc2ccc3c(-c4ccc(F)nc4)cc(C(N)=O)nc3c2)nn1)C(F)(F)F. The van der Waals surface area contributed by atoms with Crippen LogP contribution in [0.5, 0.6) is 0 Å². The molecule has 4 rings (SSSR count). The van der Waals surface area contributed by atoms with Crippen LogP contribution in [0.25, 0.3) is 22.0 Å². The molecule has 0 aliphatic rings. The van der Waals surface area contributed by atoms with Crippen molar-refractivity contribution in [3.8, 4) is 11.1 Å². The second-order valence-corrected chi connectivity index (χ2v) is 7.65. The van der Waals surface area contributed by atoms with Gasteiger partial charge in [0.2, 0.25) is 11.5 Å². The van der Waals surface area contributed by atoms with Crippen LogP contribution in [0, 0.1) is 5.95 Å². The van der Waals surface area contributed by atoms with Crippen molar-refractivity contribution in [3.63, 3.8) is 0 Å². The van der Waals surface area contributed by atoms with E-state index >= 15 is 0 Å². The van der Waals surface area contributed by atoms with Crippen LogP contribution in [0.1, 0.15) is 35.1 Å². The summed E-state index contributed by atoms with van der Waals surface area (Å²) in [5, 5.41) is 17.9. The number of benzene rings is 1. The Labute approximate surface area is 190 Å². The van der Waals surface area contributed by atoms with E-state index in [1.807, 2.05) is 0 Å². The van der Waals surface area contributed by atoms with Crippen molar-refractivity contribution in [2.45, 2.75) is 31.7 Å². The maximum atomic E-state index is 13.3. The fraction of sp³-hybridized carbons (Fsp3) is 0.227. The number of fused-ring (bicyclic) bond motifs is 1. The fourth-order valence-corrected chi connectivity index (χ4v) is 3.55. The molecule has 1 amide bonds. The number of hydrogen-bond acceptors (Lipinski definition) is 6. The Balaban J connectivity index is 1.73. The minimum absolute atomic E-state index is 0.0230. The molecule has 0 saturated heterocycles. The number of amides is 1. The second-order valence-electron chi connectivity index (χ2n) is 7.65. The van der Waals surface area contributed by atoms with Gasteiger partial charge in [-0.1, -0.05) is 24.3 Å². The highest BCUT2D eigenvalue weighted by Crippen LogP contribution is 2.40. The summed E-state index contributed by atoms with van der Waals surface area (Å²) >= 11 is 0. The third-order valence-electron chi connectivity index (χ3n) is 5.45. The molecule has 4 aromatic rings.